The molecular weight excluding hydrogens is 338 g/mol. The molecule has 3 rings (SSSR count). The number of carbonyl (C=O) groups is 1. The van der Waals surface area contributed by atoms with Gasteiger partial charge in [-0.1, -0.05) is 12.0 Å². The Balaban J connectivity index is 1.58. The van der Waals surface area contributed by atoms with Gasteiger partial charge in [0, 0.05) is 43.4 Å². The molecule has 6 heteroatoms. The minimum Gasteiger partial charge on any atom is -0.367 e. The van der Waals surface area contributed by atoms with Crippen LogP contribution in [0.2, 0.25) is 0 Å². The molecule has 1 aliphatic rings. The van der Waals surface area contributed by atoms with E-state index in [9.17, 15) is 4.79 Å². The molecule has 140 valence electrons. The van der Waals surface area contributed by atoms with Crippen LogP contribution < -0.4 is 10.6 Å². The molecule has 0 bridgehead atoms. The van der Waals surface area contributed by atoms with Crippen LogP contribution in [-0.4, -0.2) is 40.9 Å². The first-order valence-corrected chi connectivity index (χ1v) is 9.18. The van der Waals surface area contributed by atoms with Crippen molar-refractivity contribution >= 4 is 23.2 Å². The molecule has 0 atom stereocenters. The van der Waals surface area contributed by atoms with Crippen LogP contribution in [0, 0.1) is 18.3 Å². The van der Waals surface area contributed by atoms with Gasteiger partial charge >= 0.3 is 0 Å². The van der Waals surface area contributed by atoms with Gasteiger partial charge in [-0.05, 0) is 43.9 Å². The lowest BCUT2D eigenvalue weighted by Crippen LogP contribution is -2.35. The Hall–Kier alpha value is -3.07. The highest BCUT2D eigenvalue weighted by molar-refractivity contribution is 5.78. The quantitative estimate of drug-likeness (QED) is 0.798. The number of rotatable bonds is 5. The summed E-state index contributed by atoms with van der Waals surface area (Å²) in [4.78, 5) is 22.4. The fraction of sp³-hybridized carbons (Fsp3) is 0.381. The van der Waals surface area contributed by atoms with Crippen molar-refractivity contribution < 1.29 is 4.79 Å². The maximum absolute atomic E-state index is 12.1. The first-order valence-electron chi connectivity index (χ1n) is 9.18. The van der Waals surface area contributed by atoms with Gasteiger partial charge in [-0.2, -0.15) is 0 Å². The molecule has 1 amide bonds. The molecule has 0 saturated heterocycles. The van der Waals surface area contributed by atoms with Crippen molar-refractivity contribution in [2.24, 2.45) is 5.92 Å². The molecule has 1 saturated carbocycles. The average Bonchev–Trinajstić information content (AvgIpc) is 2.68. The molecule has 1 heterocycles. The number of nitrogens with zero attached hydrogens (tertiary/aromatic N) is 3. The smallest absolute Gasteiger partial charge is 0.225 e. The lowest BCUT2D eigenvalue weighted by atomic mass is 9.85. The first-order chi connectivity index (χ1) is 13.0. The molecule has 0 unspecified atom stereocenters. The van der Waals surface area contributed by atoms with Crippen molar-refractivity contribution in [2.45, 2.75) is 31.7 Å². The normalized spacial score (nSPS) is 19.0. The summed E-state index contributed by atoms with van der Waals surface area (Å²) < 4.78 is 0. The van der Waals surface area contributed by atoms with Gasteiger partial charge < -0.3 is 15.5 Å². The fourth-order valence-electron chi connectivity index (χ4n) is 3.40. The Morgan fingerprint density at radius 3 is 2.59 bits per heavy atom. The number of hydrogen-bond acceptors (Lipinski definition) is 5. The van der Waals surface area contributed by atoms with E-state index in [4.69, 9.17) is 6.42 Å². The molecular formula is C21H25N5O. The Kier molecular flexibility index (Phi) is 5.92. The van der Waals surface area contributed by atoms with Crippen LogP contribution in [-0.2, 0) is 4.79 Å². The summed E-state index contributed by atoms with van der Waals surface area (Å²) in [5.74, 6) is 4.49. The molecule has 1 aromatic carbocycles. The summed E-state index contributed by atoms with van der Waals surface area (Å²) in [7, 11) is 3.64. The Bertz CT molecular complexity index is 834. The van der Waals surface area contributed by atoms with Crippen molar-refractivity contribution in [3.8, 4) is 12.3 Å². The number of terminal acetylenes is 1. The predicted octanol–water partition coefficient (Wildman–Crippen LogP) is 3.26. The fourth-order valence-corrected chi connectivity index (χ4v) is 3.40. The Labute approximate surface area is 160 Å². The zero-order valence-electron chi connectivity index (χ0n) is 15.8. The highest BCUT2D eigenvalue weighted by atomic mass is 16.2. The van der Waals surface area contributed by atoms with Crippen molar-refractivity contribution in [1.29, 1.82) is 0 Å². The van der Waals surface area contributed by atoms with Gasteiger partial charge in [-0.15, -0.1) is 6.42 Å². The van der Waals surface area contributed by atoms with Crippen molar-refractivity contribution in [1.82, 2.24) is 14.9 Å². The average molecular weight is 363 g/mol. The summed E-state index contributed by atoms with van der Waals surface area (Å²) in [5, 5.41) is 6.72. The predicted molar refractivity (Wildman–Crippen MR) is 108 cm³/mol. The molecule has 1 fully saturated rings. The van der Waals surface area contributed by atoms with Gasteiger partial charge in [-0.25, -0.2) is 9.97 Å². The van der Waals surface area contributed by atoms with Gasteiger partial charge in [0.15, 0.2) is 0 Å². The third kappa shape index (κ3) is 4.98. The molecule has 27 heavy (non-hydrogen) atoms. The van der Waals surface area contributed by atoms with Gasteiger partial charge in [0.25, 0.3) is 0 Å². The highest BCUT2D eigenvalue weighted by Crippen LogP contribution is 2.27. The van der Waals surface area contributed by atoms with E-state index in [-0.39, 0.29) is 11.8 Å². The van der Waals surface area contributed by atoms with Gasteiger partial charge in [0.1, 0.15) is 18.0 Å². The van der Waals surface area contributed by atoms with Crippen LogP contribution >= 0.6 is 0 Å². The van der Waals surface area contributed by atoms with Crippen molar-refractivity contribution in [3.63, 3.8) is 0 Å². The summed E-state index contributed by atoms with van der Waals surface area (Å²) in [6.45, 7) is 0. The summed E-state index contributed by atoms with van der Waals surface area (Å²) in [6, 6.07) is 9.85. The van der Waals surface area contributed by atoms with Gasteiger partial charge in [0.05, 0.1) is 0 Å². The molecule has 0 aliphatic heterocycles. The number of nitrogens with one attached hydrogen (secondary N) is 2. The van der Waals surface area contributed by atoms with E-state index in [1.165, 1.54) is 6.33 Å². The monoisotopic (exact) mass is 363 g/mol. The lowest BCUT2D eigenvalue weighted by Gasteiger charge is -2.30. The Morgan fingerprint density at radius 1 is 1.15 bits per heavy atom. The van der Waals surface area contributed by atoms with E-state index < -0.39 is 0 Å². The summed E-state index contributed by atoms with van der Waals surface area (Å²) in [5.41, 5.74) is 1.70. The van der Waals surface area contributed by atoms with Crippen LogP contribution in [0.4, 0.5) is 17.3 Å². The van der Waals surface area contributed by atoms with E-state index in [0.29, 0.717) is 11.9 Å². The molecule has 0 radical (unpaired) electrons. The second-order valence-electron chi connectivity index (χ2n) is 7.06. The maximum atomic E-state index is 12.1. The number of amides is 1. The SMILES string of the molecule is C#Cc1cccc(Nc2cc(N[C@H]3CC[C@H](C(=O)N(C)C)CC3)ncn2)c1. The molecule has 1 aromatic heterocycles. The largest absolute Gasteiger partial charge is 0.367 e. The van der Waals surface area contributed by atoms with E-state index in [0.717, 1.165) is 42.8 Å². The van der Waals surface area contributed by atoms with Gasteiger partial charge in [-0.3, -0.25) is 4.79 Å². The second kappa shape index (κ2) is 8.54. The van der Waals surface area contributed by atoms with E-state index in [1.54, 1.807) is 4.90 Å². The lowest BCUT2D eigenvalue weighted by molar-refractivity contribution is -0.133. The number of anilines is 3. The minimum atomic E-state index is 0.143. The first kappa shape index (κ1) is 18.7. The van der Waals surface area contributed by atoms with Crippen LogP contribution in [0.3, 0.4) is 0 Å². The third-order valence-corrected chi connectivity index (χ3v) is 4.84. The number of hydrogen-bond donors (Lipinski definition) is 2. The van der Waals surface area contributed by atoms with Crippen LogP contribution in [0.5, 0.6) is 0 Å². The Morgan fingerprint density at radius 2 is 1.89 bits per heavy atom. The van der Waals surface area contributed by atoms with Crippen LogP contribution in [0.15, 0.2) is 36.7 Å². The van der Waals surface area contributed by atoms with Crippen molar-refractivity contribution in [3.05, 3.63) is 42.2 Å². The standard InChI is InChI=1S/C21H25N5O/c1-4-15-6-5-7-18(12-15)25-20-13-19(22-14-23-20)24-17-10-8-16(9-11-17)21(27)26(2)3/h1,5-7,12-14,16-17H,8-11H2,2-3H3,(H2,22,23,24,25)/t16-,17-. The van der Waals surface area contributed by atoms with E-state index in [1.807, 2.05) is 44.4 Å². The summed E-state index contributed by atoms with van der Waals surface area (Å²) >= 11 is 0. The molecule has 2 N–H and O–H groups in total. The van der Waals surface area contributed by atoms with Crippen LogP contribution in [0.1, 0.15) is 31.2 Å². The zero-order valence-corrected chi connectivity index (χ0v) is 15.8. The number of carbonyl (C=O) groups excluding carboxylic acids is 1. The van der Waals surface area contributed by atoms with Gasteiger partial charge in [0.2, 0.25) is 5.91 Å². The molecule has 0 spiro atoms. The summed E-state index contributed by atoms with van der Waals surface area (Å²) in [6.07, 6.45) is 10.7. The zero-order chi connectivity index (χ0) is 19.2. The van der Waals surface area contributed by atoms with Crippen molar-refractivity contribution in [2.75, 3.05) is 24.7 Å². The number of benzene rings is 1. The van der Waals surface area contributed by atoms with E-state index in [2.05, 4.69) is 26.5 Å². The third-order valence-electron chi connectivity index (χ3n) is 4.84. The maximum Gasteiger partial charge on any atom is 0.225 e. The molecule has 1 aliphatic carbocycles. The number of aromatic nitrogens is 2. The molecule has 6 nitrogen and oxygen atoms in total. The highest BCUT2D eigenvalue weighted by Gasteiger charge is 2.27. The molecule has 2 aromatic rings. The van der Waals surface area contributed by atoms with Crippen LogP contribution in [0.25, 0.3) is 0 Å². The topological polar surface area (TPSA) is 70.2 Å². The van der Waals surface area contributed by atoms with E-state index >= 15 is 0 Å². The second-order valence-corrected chi connectivity index (χ2v) is 7.06. The minimum absolute atomic E-state index is 0.143.